The number of benzene rings is 2. The van der Waals surface area contributed by atoms with Gasteiger partial charge in [0.25, 0.3) is 5.91 Å². The average molecular weight is 566 g/mol. The SMILES string of the molecule is CCOC(=O)Cn1c(=NC(=O)C2CCCN2S(=O)(=O)c2ccc(Cl)cc2)sc2cc(C(=O)OC)ccc21. The lowest BCUT2D eigenvalue weighted by molar-refractivity contribution is -0.143. The van der Waals surface area contributed by atoms with Gasteiger partial charge in [-0.25, -0.2) is 13.2 Å². The van der Waals surface area contributed by atoms with Crippen LogP contribution in [0.1, 0.15) is 30.1 Å². The fourth-order valence-electron chi connectivity index (χ4n) is 4.08. The molecule has 2 aromatic carbocycles. The van der Waals surface area contributed by atoms with Gasteiger partial charge in [-0.15, -0.1) is 0 Å². The lowest BCUT2D eigenvalue weighted by atomic mass is 10.2. The highest BCUT2D eigenvalue weighted by Crippen LogP contribution is 2.28. The van der Waals surface area contributed by atoms with Crippen LogP contribution in [0.15, 0.2) is 52.4 Å². The first-order valence-electron chi connectivity index (χ1n) is 11.4. The minimum atomic E-state index is -3.96. The summed E-state index contributed by atoms with van der Waals surface area (Å²) in [7, 11) is -2.69. The first-order valence-corrected chi connectivity index (χ1v) is 14.0. The summed E-state index contributed by atoms with van der Waals surface area (Å²) >= 11 is 6.99. The average Bonchev–Trinajstić information content (AvgIpc) is 3.50. The van der Waals surface area contributed by atoms with Crippen LogP contribution in [0.3, 0.4) is 0 Å². The number of halogens is 1. The molecule has 2 heterocycles. The molecule has 196 valence electrons. The second kappa shape index (κ2) is 11.1. The van der Waals surface area contributed by atoms with E-state index in [1.807, 2.05) is 0 Å². The van der Waals surface area contributed by atoms with Gasteiger partial charge in [-0.05, 0) is 62.2 Å². The van der Waals surface area contributed by atoms with Crippen LogP contribution in [0.4, 0.5) is 0 Å². The monoisotopic (exact) mass is 565 g/mol. The zero-order valence-corrected chi connectivity index (χ0v) is 22.4. The minimum Gasteiger partial charge on any atom is -0.465 e. The summed E-state index contributed by atoms with van der Waals surface area (Å²) in [6, 6.07) is 9.52. The Labute approximate surface area is 222 Å². The van der Waals surface area contributed by atoms with Crippen LogP contribution in [0.2, 0.25) is 5.02 Å². The van der Waals surface area contributed by atoms with Crippen molar-refractivity contribution in [3.63, 3.8) is 0 Å². The molecule has 10 nitrogen and oxygen atoms in total. The first-order chi connectivity index (χ1) is 17.6. The number of hydrogen-bond donors (Lipinski definition) is 0. The number of thiazole rings is 1. The van der Waals surface area contributed by atoms with Crippen LogP contribution in [-0.2, 0) is 35.6 Å². The molecule has 1 fully saturated rings. The number of carbonyl (C=O) groups is 3. The van der Waals surface area contributed by atoms with E-state index in [1.54, 1.807) is 25.1 Å². The van der Waals surface area contributed by atoms with Crippen LogP contribution >= 0.6 is 22.9 Å². The number of esters is 2. The van der Waals surface area contributed by atoms with E-state index >= 15 is 0 Å². The molecule has 0 saturated carbocycles. The molecule has 1 amide bonds. The van der Waals surface area contributed by atoms with Crippen molar-refractivity contribution in [1.82, 2.24) is 8.87 Å². The van der Waals surface area contributed by atoms with Gasteiger partial charge in [-0.1, -0.05) is 22.9 Å². The van der Waals surface area contributed by atoms with E-state index in [2.05, 4.69) is 4.99 Å². The van der Waals surface area contributed by atoms with Crippen molar-refractivity contribution in [1.29, 1.82) is 0 Å². The van der Waals surface area contributed by atoms with Gasteiger partial charge >= 0.3 is 11.9 Å². The van der Waals surface area contributed by atoms with E-state index in [0.29, 0.717) is 33.6 Å². The van der Waals surface area contributed by atoms with Gasteiger partial charge in [0, 0.05) is 11.6 Å². The van der Waals surface area contributed by atoms with E-state index in [9.17, 15) is 22.8 Å². The Hall–Kier alpha value is -3.06. The van der Waals surface area contributed by atoms with Crippen molar-refractivity contribution in [2.45, 2.75) is 37.2 Å². The van der Waals surface area contributed by atoms with Crippen LogP contribution in [0.25, 0.3) is 10.2 Å². The van der Waals surface area contributed by atoms with Crippen LogP contribution < -0.4 is 4.80 Å². The summed E-state index contributed by atoms with van der Waals surface area (Å²) in [6.07, 6.45) is 0.806. The number of methoxy groups -OCH3 is 1. The summed E-state index contributed by atoms with van der Waals surface area (Å²) in [5, 5.41) is 0.397. The number of amides is 1. The number of ether oxygens (including phenoxy) is 2. The molecular weight excluding hydrogens is 542 g/mol. The first kappa shape index (κ1) is 27.0. The van der Waals surface area contributed by atoms with Crippen molar-refractivity contribution in [3.8, 4) is 0 Å². The van der Waals surface area contributed by atoms with Gasteiger partial charge in [-0.2, -0.15) is 9.30 Å². The molecule has 37 heavy (non-hydrogen) atoms. The van der Waals surface area contributed by atoms with Gasteiger partial charge in [0.05, 0.1) is 34.4 Å². The fourth-order valence-corrected chi connectivity index (χ4v) is 6.93. The van der Waals surface area contributed by atoms with Crippen LogP contribution in [0.5, 0.6) is 0 Å². The molecule has 1 atom stereocenters. The van der Waals surface area contributed by atoms with E-state index in [0.717, 1.165) is 15.6 Å². The van der Waals surface area contributed by atoms with Crippen LogP contribution in [0, 0.1) is 0 Å². The molecule has 0 N–H and O–H groups in total. The smallest absolute Gasteiger partial charge is 0.337 e. The lowest BCUT2D eigenvalue weighted by Gasteiger charge is -2.21. The van der Waals surface area contributed by atoms with Gasteiger partial charge in [0.1, 0.15) is 12.6 Å². The summed E-state index contributed by atoms with van der Waals surface area (Å²) < 4.78 is 39.6. The van der Waals surface area contributed by atoms with Crippen molar-refractivity contribution in [3.05, 3.63) is 57.9 Å². The second-order valence-corrected chi connectivity index (χ2v) is 11.5. The number of rotatable bonds is 7. The summed E-state index contributed by atoms with van der Waals surface area (Å²) in [5.41, 5.74) is 0.864. The molecular formula is C24H24ClN3O7S2. The Morgan fingerprint density at radius 2 is 1.89 bits per heavy atom. The Morgan fingerprint density at radius 1 is 1.16 bits per heavy atom. The maximum atomic E-state index is 13.3. The third-order valence-electron chi connectivity index (χ3n) is 5.81. The molecule has 0 spiro atoms. The Morgan fingerprint density at radius 3 is 2.57 bits per heavy atom. The highest BCUT2D eigenvalue weighted by molar-refractivity contribution is 7.89. The highest BCUT2D eigenvalue weighted by atomic mass is 35.5. The van der Waals surface area contributed by atoms with E-state index in [4.69, 9.17) is 21.1 Å². The molecule has 1 aliphatic rings. The third kappa shape index (κ3) is 5.61. The molecule has 1 unspecified atom stereocenters. The molecule has 4 rings (SSSR count). The van der Waals surface area contributed by atoms with Crippen molar-refractivity contribution in [2.75, 3.05) is 20.3 Å². The lowest BCUT2D eigenvalue weighted by Crippen LogP contribution is -2.40. The highest BCUT2D eigenvalue weighted by Gasteiger charge is 2.39. The summed E-state index contributed by atoms with van der Waals surface area (Å²) in [5.74, 6) is -1.70. The minimum absolute atomic E-state index is 0.0335. The number of sulfonamides is 1. The van der Waals surface area contributed by atoms with E-state index < -0.39 is 33.9 Å². The van der Waals surface area contributed by atoms with Gasteiger partial charge in [0.2, 0.25) is 10.0 Å². The van der Waals surface area contributed by atoms with Gasteiger partial charge in [-0.3, -0.25) is 9.59 Å². The maximum absolute atomic E-state index is 13.3. The molecule has 13 heteroatoms. The largest absolute Gasteiger partial charge is 0.465 e. The van der Waals surface area contributed by atoms with Gasteiger partial charge < -0.3 is 14.0 Å². The van der Waals surface area contributed by atoms with Crippen molar-refractivity contribution >= 4 is 61.0 Å². The van der Waals surface area contributed by atoms with Crippen molar-refractivity contribution < 1.29 is 32.3 Å². The van der Waals surface area contributed by atoms with E-state index in [-0.39, 0.29) is 29.4 Å². The molecule has 0 aliphatic carbocycles. The predicted octanol–water partition coefficient (Wildman–Crippen LogP) is 2.99. The van der Waals surface area contributed by atoms with Crippen LogP contribution in [-0.4, -0.2) is 61.4 Å². The Bertz CT molecular complexity index is 1530. The number of carbonyl (C=O) groups excluding carboxylic acids is 3. The second-order valence-electron chi connectivity index (χ2n) is 8.13. The third-order valence-corrected chi connectivity index (χ3v) is 9.03. The van der Waals surface area contributed by atoms with E-state index in [1.165, 1.54) is 35.9 Å². The maximum Gasteiger partial charge on any atom is 0.337 e. The number of fused-ring (bicyclic) bond motifs is 1. The van der Waals surface area contributed by atoms with Gasteiger partial charge in [0.15, 0.2) is 4.80 Å². The number of hydrogen-bond acceptors (Lipinski definition) is 8. The Balaban J connectivity index is 1.74. The normalized spacial score (nSPS) is 16.7. The molecule has 1 aliphatic heterocycles. The molecule has 0 radical (unpaired) electrons. The topological polar surface area (TPSA) is 124 Å². The predicted molar refractivity (Wildman–Crippen MR) is 137 cm³/mol. The summed E-state index contributed by atoms with van der Waals surface area (Å²) in [6.45, 7) is 1.82. The quantitative estimate of drug-likeness (QED) is 0.403. The summed E-state index contributed by atoms with van der Waals surface area (Å²) in [4.78, 5) is 42.1. The molecule has 1 saturated heterocycles. The molecule has 1 aromatic heterocycles. The standard InChI is InChI=1S/C24H24ClN3O7S2/c1-3-35-21(29)14-27-18-11-6-15(23(31)34-2)13-20(18)36-24(27)26-22(30)19-5-4-12-28(19)37(32,33)17-9-7-16(25)8-10-17/h6-11,13,19H,3-5,12,14H2,1-2H3. The fraction of sp³-hybridized carbons (Fsp3) is 0.333. The zero-order valence-electron chi connectivity index (χ0n) is 20.0. The molecule has 3 aromatic rings. The number of aromatic nitrogens is 1. The zero-order chi connectivity index (χ0) is 26.7. The number of nitrogens with zero attached hydrogens (tertiary/aromatic N) is 3. The molecule has 0 bridgehead atoms. The van der Waals surface area contributed by atoms with Crippen molar-refractivity contribution in [2.24, 2.45) is 4.99 Å². The Kier molecular flexibility index (Phi) is 8.12.